The number of aliphatic hydroxyl groups is 1. The molecule has 0 unspecified atom stereocenters. The van der Waals surface area contributed by atoms with Gasteiger partial charge >= 0.3 is 5.97 Å². The van der Waals surface area contributed by atoms with E-state index in [-0.39, 0.29) is 6.42 Å². The van der Waals surface area contributed by atoms with Gasteiger partial charge in [-0.1, -0.05) is 5.92 Å². The van der Waals surface area contributed by atoms with E-state index < -0.39 is 24.0 Å². The quantitative estimate of drug-likeness (QED) is 0.404. The van der Waals surface area contributed by atoms with Crippen LogP contribution in [-0.4, -0.2) is 43.3 Å². The molecule has 92 valence electrons. The molecule has 0 aromatic heterocycles. The lowest BCUT2D eigenvalue weighted by atomic mass is 9.95. The van der Waals surface area contributed by atoms with Crippen molar-refractivity contribution in [3.8, 4) is 12.3 Å². The summed E-state index contributed by atoms with van der Waals surface area (Å²) in [6.07, 6.45) is 3.66. The largest absolute Gasteiger partial charge is 0.446 e. The number of hydrogen-bond acceptors (Lipinski definition) is 5. The molecule has 1 N–H and O–H groups in total. The number of carbonyl (C=O) groups is 1. The molecule has 2 atom stereocenters. The fraction of sp³-hybridized carbons (Fsp3) is 0.727. The summed E-state index contributed by atoms with van der Waals surface area (Å²) in [6, 6.07) is 0. The van der Waals surface area contributed by atoms with Crippen molar-refractivity contribution in [1.82, 2.24) is 0 Å². The summed E-state index contributed by atoms with van der Waals surface area (Å²) in [5.41, 5.74) is -1.41. The standard InChI is InChI=1S/C11H18O5/c1-6-9(16-8(2)12)11(3,13)7-10(14-4)15-5/h1,9-10,13H,7H2,2-5H3/t9-,11-/m1/s1. The molecule has 0 amide bonds. The molecule has 0 heterocycles. The summed E-state index contributed by atoms with van der Waals surface area (Å²) in [6.45, 7) is 2.69. The maximum Gasteiger partial charge on any atom is 0.303 e. The van der Waals surface area contributed by atoms with Crippen LogP contribution in [0.2, 0.25) is 0 Å². The molecule has 0 fully saturated rings. The first-order valence-electron chi connectivity index (χ1n) is 4.78. The molecule has 0 aliphatic heterocycles. The van der Waals surface area contributed by atoms with Gasteiger partial charge in [-0.3, -0.25) is 4.79 Å². The van der Waals surface area contributed by atoms with E-state index in [0.717, 1.165) is 0 Å². The highest BCUT2D eigenvalue weighted by atomic mass is 16.7. The third kappa shape index (κ3) is 4.62. The van der Waals surface area contributed by atoms with Gasteiger partial charge in [-0.25, -0.2) is 0 Å². The number of hydrogen-bond donors (Lipinski definition) is 1. The summed E-state index contributed by atoms with van der Waals surface area (Å²) in [7, 11) is 2.89. The van der Waals surface area contributed by atoms with E-state index in [1.807, 2.05) is 0 Å². The van der Waals surface area contributed by atoms with Crippen LogP contribution in [0.4, 0.5) is 0 Å². The van der Waals surface area contributed by atoms with Crippen molar-refractivity contribution in [3.05, 3.63) is 0 Å². The van der Waals surface area contributed by atoms with Crippen LogP contribution in [0.25, 0.3) is 0 Å². The zero-order valence-corrected chi connectivity index (χ0v) is 10.0. The van der Waals surface area contributed by atoms with Crippen LogP contribution in [-0.2, 0) is 19.0 Å². The molecule has 16 heavy (non-hydrogen) atoms. The summed E-state index contributed by atoms with van der Waals surface area (Å²) in [4.78, 5) is 10.8. The van der Waals surface area contributed by atoms with E-state index in [0.29, 0.717) is 0 Å². The van der Waals surface area contributed by atoms with Crippen molar-refractivity contribution in [3.63, 3.8) is 0 Å². The summed E-state index contributed by atoms with van der Waals surface area (Å²) in [5.74, 6) is 1.68. The van der Waals surface area contributed by atoms with Gasteiger partial charge in [0.05, 0.1) is 0 Å². The summed E-state index contributed by atoms with van der Waals surface area (Å²) in [5, 5.41) is 10.1. The Balaban J connectivity index is 4.60. The minimum atomic E-state index is -1.41. The minimum Gasteiger partial charge on any atom is -0.446 e. The van der Waals surface area contributed by atoms with Gasteiger partial charge in [0.1, 0.15) is 5.60 Å². The summed E-state index contributed by atoms with van der Waals surface area (Å²) < 4.78 is 14.7. The van der Waals surface area contributed by atoms with E-state index in [4.69, 9.17) is 20.6 Å². The van der Waals surface area contributed by atoms with Gasteiger partial charge in [-0.05, 0) is 6.92 Å². The Hall–Kier alpha value is -1.09. The first kappa shape index (κ1) is 14.9. The third-order valence-electron chi connectivity index (χ3n) is 2.11. The van der Waals surface area contributed by atoms with Crippen molar-refractivity contribution >= 4 is 5.97 Å². The molecule has 0 aromatic carbocycles. The molecule has 0 saturated carbocycles. The Morgan fingerprint density at radius 2 is 2.00 bits per heavy atom. The van der Waals surface area contributed by atoms with Crippen molar-refractivity contribution in [2.45, 2.75) is 38.3 Å². The number of carbonyl (C=O) groups excluding carboxylic acids is 1. The molecule has 5 nitrogen and oxygen atoms in total. The number of ether oxygens (including phenoxy) is 3. The molecule has 0 saturated heterocycles. The molecule has 0 radical (unpaired) electrons. The van der Waals surface area contributed by atoms with Gasteiger partial charge in [0.15, 0.2) is 12.4 Å². The molecule has 0 bridgehead atoms. The predicted octanol–water partition coefficient (Wildman–Crippen LogP) is 0.311. The maximum atomic E-state index is 10.8. The Kier molecular flexibility index (Phi) is 6.04. The van der Waals surface area contributed by atoms with Crippen LogP contribution < -0.4 is 0 Å². The second-order valence-electron chi connectivity index (χ2n) is 3.62. The van der Waals surface area contributed by atoms with Gasteiger partial charge in [0.25, 0.3) is 0 Å². The first-order chi connectivity index (χ1) is 7.37. The van der Waals surface area contributed by atoms with Crippen LogP contribution >= 0.6 is 0 Å². The first-order valence-corrected chi connectivity index (χ1v) is 4.78. The van der Waals surface area contributed by atoms with Crippen molar-refractivity contribution in [2.75, 3.05) is 14.2 Å². The Morgan fingerprint density at radius 1 is 1.50 bits per heavy atom. The lowest BCUT2D eigenvalue weighted by molar-refractivity contribution is -0.174. The average molecular weight is 230 g/mol. The molecule has 0 aliphatic carbocycles. The van der Waals surface area contributed by atoms with Gasteiger partial charge in [0.2, 0.25) is 0 Å². The van der Waals surface area contributed by atoms with Crippen LogP contribution in [0.1, 0.15) is 20.3 Å². The van der Waals surface area contributed by atoms with Gasteiger partial charge in [0, 0.05) is 27.6 Å². The Morgan fingerprint density at radius 3 is 2.31 bits per heavy atom. The van der Waals surface area contributed by atoms with Gasteiger partial charge < -0.3 is 19.3 Å². The molecular weight excluding hydrogens is 212 g/mol. The fourth-order valence-corrected chi connectivity index (χ4v) is 1.21. The zero-order valence-electron chi connectivity index (χ0n) is 10.0. The molecular formula is C11H18O5. The van der Waals surface area contributed by atoms with Crippen molar-refractivity contribution in [2.24, 2.45) is 0 Å². The number of methoxy groups -OCH3 is 2. The van der Waals surface area contributed by atoms with E-state index in [9.17, 15) is 9.90 Å². The van der Waals surface area contributed by atoms with E-state index in [1.165, 1.54) is 28.1 Å². The van der Waals surface area contributed by atoms with Gasteiger partial charge in [-0.15, -0.1) is 6.42 Å². The van der Waals surface area contributed by atoms with Crippen molar-refractivity contribution in [1.29, 1.82) is 0 Å². The molecule has 0 aromatic rings. The predicted molar refractivity (Wildman–Crippen MR) is 57.4 cm³/mol. The second-order valence-corrected chi connectivity index (χ2v) is 3.62. The van der Waals surface area contributed by atoms with E-state index in [1.54, 1.807) is 0 Å². The SMILES string of the molecule is C#C[C@@H](OC(C)=O)[C@](C)(O)CC(OC)OC. The van der Waals surface area contributed by atoms with Crippen LogP contribution in [0.5, 0.6) is 0 Å². The second kappa shape index (κ2) is 6.48. The van der Waals surface area contributed by atoms with E-state index in [2.05, 4.69) is 5.92 Å². The molecule has 5 heteroatoms. The normalized spacial score (nSPS) is 16.3. The van der Waals surface area contributed by atoms with Crippen LogP contribution in [0, 0.1) is 12.3 Å². The van der Waals surface area contributed by atoms with Gasteiger partial charge in [-0.2, -0.15) is 0 Å². The Labute approximate surface area is 95.7 Å². The van der Waals surface area contributed by atoms with Crippen LogP contribution in [0.3, 0.4) is 0 Å². The van der Waals surface area contributed by atoms with Crippen molar-refractivity contribution < 1.29 is 24.1 Å². The topological polar surface area (TPSA) is 65.0 Å². The van der Waals surface area contributed by atoms with Crippen LogP contribution in [0.15, 0.2) is 0 Å². The highest BCUT2D eigenvalue weighted by Crippen LogP contribution is 2.21. The van der Waals surface area contributed by atoms with E-state index >= 15 is 0 Å². The molecule has 0 aliphatic rings. The summed E-state index contributed by atoms with van der Waals surface area (Å²) >= 11 is 0. The monoisotopic (exact) mass is 230 g/mol. The number of terminal acetylenes is 1. The minimum absolute atomic E-state index is 0.0994. The highest BCUT2D eigenvalue weighted by Gasteiger charge is 2.36. The maximum absolute atomic E-state index is 10.8. The highest BCUT2D eigenvalue weighted by molar-refractivity contribution is 5.66. The smallest absolute Gasteiger partial charge is 0.303 e. The zero-order chi connectivity index (χ0) is 12.8. The lowest BCUT2D eigenvalue weighted by Gasteiger charge is -2.31. The Bertz CT molecular complexity index is 262. The fourth-order valence-electron chi connectivity index (χ4n) is 1.21. The number of esters is 1. The molecule has 0 spiro atoms. The average Bonchev–Trinajstić information content (AvgIpc) is 2.22. The molecule has 0 rings (SSSR count). The number of rotatable bonds is 6. The third-order valence-corrected chi connectivity index (χ3v) is 2.11. The lowest BCUT2D eigenvalue weighted by Crippen LogP contribution is -2.44.